The lowest BCUT2D eigenvalue weighted by Gasteiger charge is -2.04. The van der Waals surface area contributed by atoms with Gasteiger partial charge in [0.15, 0.2) is 0 Å². The van der Waals surface area contributed by atoms with E-state index in [1.807, 2.05) is 60.1 Å². The van der Waals surface area contributed by atoms with Gasteiger partial charge in [-0.25, -0.2) is 4.68 Å². The Labute approximate surface area is 168 Å². The predicted octanol–water partition coefficient (Wildman–Crippen LogP) is 5.18. The number of nitrogens with one attached hydrogen (secondary N) is 2. The molecule has 1 amide bonds. The number of aryl methyl sites for hydroxylation is 1. The molecule has 138 valence electrons. The Balaban J connectivity index is 1.49. The van der Waals surface area contributed by atoms with Crippen LogP contribution in [0.25, 0.3) is 26.8 Å². The number of carbonyl (C=O) groups excluding carboxylic acids is 1. The number of carbonyl (C=O) groups is 1. The van der Waals surface area contributed by atoms with Gasteiger partial charge in [-0.15, -0.1) is 11.3 Å². The third-order valence-corrected chi connectivity index (χ3v) is 5.90. The van der Waals surface area contributed by atoms with Crippen molar-refractivity contribution < 1.29 is 4.79 Å². The number of fused-ring (bicyclic) bond motifs is 2. The van der Waals surface area contributed by atoms with E-state index in [4.69, 9.17) is 11.6 Å². The Morgan fingerprint density at radius 2 is 2.00 bits per heavy atom. The normalized spacial score (nSPS) is 11.4. The minimum absolute atomic E-state index is 0.151. The van der Waals surface area contributed by atoms with E-state index in [1.54, 1.807) is 6.20 Å². The molecule has 2 aromatic carbocycles. The number of amides is 1. The highest BCUT2D eigenvalue weighted by Gasteiger charge is 2.17. The quantitative estimate of drug-likeness (QED) is 0.432. The monoisotopic (exact) mass is 407 g/mol. The summed E-state index contributed by atoms with van der Waals surface area (Å²) < 4.78 is 1.85. The summed E-state index contributed by atoms with van der Waals surface area (Å²) in [6.45, 7) is 1.94. The van der Waals surface area contributed by atoms with E-state index in [2.05, 4.69) is 20.6 Å². The number of nitrogens with zero attached hydrogens (tertiary/aromatic N) is 3. The van der Waals surface area contributed by atoms with E-state index < -0.39 is 0 Å². The fourth-order valence-corrected chi connectivity index (χ4v) is 4.33. The molecule has 0 fully saturated rings. The van der Waals surface area contributed by atoms with E-state index in [0.717, 1.165) is 38.2 Å². The van der Waals surface area contributed by atoms with Gasteiger partial charge in [0.2, 0.25) is 0 Å². The summed E-state index contributed by atoms with van der Waals surface area (Å²) in [4.78, 5) is 14.3. The highest BCUT2D eigenvalue weighted by molar-refractivity contribution is 7.20. The number of hydrogen-bond acceptors (Lipinski definition) is 4. The number of aromatic nitrogens is 4. The second-order valence-electron chi connectivity index (χ2n) is 6.43. The fraction of sp³-hybridized carbons (Fsp3) is 0.0500. The Morgan fingerprint density at radius 1 is 1.18 bits per heavy atom. The summed E-state index contributed by atoms with van der Waals surface area (Å²) in [7, 11) is 0. The fourth-order valence-electron chi connectivity index (χ4n) is 3.12. The van der Waals surface area contributed by atoms with Crippen LogP contribution in [-0.2, 0) is 0 Å². The van der Waals surface area contributed by atoms with Crippen LogP contribution in [0.2, 0.25) is 5.02 Å². The molecule has 5 aromatic rings. The van der Waals surface area contributed by atoms with Gasteiger partial charge in [-0.1, -0.05) is 11.6 Å². The number of benzene rings is 2. The highest BCUT2D eigenvalue weighted by Crippen LogP contribution is 2.31. The SMILES string of the molecule is Cc1nn(-c2ccc(Cl)cc2)c2sc(C(=O)Nc3ccc4cn[nH]c4c3)cc12. The molecule has 0 spiro atoms. The zero-order valence-corrected chi connectivity index (χ0v) is 16.3. The second-order valence-corrected chi connectivity index (χ2v) is 7.90. The molecule has 2 N–H and O–H groups in total. The molecule has 3 heterocycles. The molecule has 0 unspecified atom stereocenters. The number of rotatable bonds is 3. The number of thiophene rings is 1. The van der Waals surface area contributed by atoms with Gasteiger partial charge in [0.25, 0.3) is 5.91 Å². The Hall–Kier alpha value is -3.16. The molecule has 3 aromatic heterocycles. The molecule has 0 atom stereocenters. The maximum atomic E-state index is 12.8. The van der Waals surface area contributed by atoms with Crippen LogP contribution < -0.4 is 5.32 Å². The van der Waals surface area contributed by atoms with Crippen molar-refractivity contribution in [2.24, 2.45) is 0 Å². The molecule has 6 nitrogen and oxygen atoms in total. The van der Waals surface area contributed by atoms with Crippen LogP contribution >= 0.6 is 22.9 Å². The van der Waals surface area contributed by atoms with Gasteiger partial charge in [-0.05, 0) is 55.5 Å². The molecule has 0 aliphatic rings. The van der Waals surface area contributed by atoms with Gasteiger partial charge < -0.3 is 5.32 Å². The third kappa shape index (κ3) is 2.85. The molecule has 28 heavy (non-hydrogen) atoms. The topological polar surface area (TPSA) is 75.6 Å². The van der Waals surface area contributed by atoms with Crippen molar-refractivity contribution >= 4 is 55.7 Å². The molecule has 0 saturated carbocycles. The molecule has 0 bridgehead atoms. The number of hydrogen-bond donors (Lipinski definition) is 2. The first-order valence-electron chi connectivity index (χ1n) is 8.58. The number of aromatic amines is 1. The molecular weight excluding hydrogens is 394 g/mol. The van der Waals surface area contributed by atoms with Gasteiger partial charge in [-0.3, -0.25) is 9.89 Å². The molecule has 0 radical (unpaired) electrons. The van der Waals surface area contributed by atoms with Crippen LogP contribution in [-0.4, -0.2) is 25.9 Å². The highest BCUT2D eigenvalue weighted by atomic mass is 35.5. The summed E-state index contributed by atoms with van der Waals surface area (Å²) in [6.07, 6.45) is 1.75. The van der Waals surface area contributed by atoms with Gasteiger partial charge in [-0.2, -0.15) is 10.2 Å². The van der Waals surface area contributed by atoms with E-state index in [9.17, 15) is 4.79 Å². The number of H-pyrrole nitrogens is 1. The first kappa shape index (κ1) is 17.0. The van der Waals surface area contributed by atoms with Crippen molar-refractivity contribution in [3.05, 3.63) is 70.3 Å². The maximum absolute atomic E-state index is 12.8. The van der Waals surface area contributed by atoms with E-state index in [1.165, 1.54) is 11.3 Å². The average molecular weight is 408 g/mol. The predicted molar refractivity (Wildman–Crippen MR) is 113 cm³/mol. The Bertz CT molecular complexity index is 1330. The number of anilines is 1. The minimum atomic E-state index is -0.151. The molecule has 8 heteroatoms. The Kier molecular flexibility index (Phi) is 3.92. The van der Waals surface area contributed by atoms with Crippen LogP contribution in [0.3, 0.4) is 0 Å². The molecular formula is C20H14ClN5OS. The van der Waals surface area contributed by atoms with E-state index in [-0.39, 0.29) is 5.91 Å². The van der Waals surface area contributed by atoms with Gasteiger partial charge in [0, 0.05) is 21.5 Å². The summed E-state index contributed by atoms with van der Waals surface area (Å²) in [5.41, 5.74) is 3.37. The van der Waals surface area contributed by atoms with Crippen molar-refractivity contribution in [2.45, 2.75) is 6.92 Å². The lowest BCUT2D eigenvalue weighted by molar-refractivity contribution is 0.103. The van der Waals surface area contributed by atoms with Crippen molar-refractivity contribution in [1.82, 2.24) is 20.0 Å². The Morgan fingerprint density at radius 3 is 2.82 bits per heavy atom. The number of halogens is 1. The standard InChI is InChI=1S/C20H14ClN5OS/c1-11-16-9-18(19(27)23-14-5-2-12-10-22-24-17(12)8-14)28-20(16)26(25-11)15-6-3-13(21)4-7-15/h2-10H,1H3,(H,22,24)(H,23,27). The van der Waals surface area contributed by atoms with Crippen molar-refractivity contribution in [3.8, 4) is 5.69 Å². The van der Waals surface area contributed by atoms with Crippen LogP contribution in [0, 0.1) is 6.92 Å². The van der Waals surface area contributed by atoms with Crippen LogP contribution in [0.4, 0.5) is 5.69 Å². The van der Waals surface area contributed by atoms with Crippen LogP contribution in [0.1, 0.15) is 15.4 Å². The van der Waals surface area contributed by atoms with Crippen molar-refractivity contribution in [2.75, 3.05) is 5.32 Å². The molecule has 0 aliphatic heterocycles. The van der Waals surface area contributed by atoms with E-state index >= 15 is 0 Å². The van der Waals surface area contributed by atoms with E-state index in [0.29, 0.717) is 9.90 Å². The van der Waals surface area contributed by atoms with Gasteiger partial charge in [0.1, 0.15) is 4.83 Å². The second kappa shape index (κ2) is 6.47. The zero-order valence-electron chi connectivity index (χ0n) is 14.7. The van der Waals surface area contributed by atoms with Crippen LogP contribution in [0.5, 0.6) is 0 Å². The minimum Gasteiger partial charge on any atom is -0.321 e. The van der Waals surface area contributed by atoms with Crippen molar-refractivity contribution in [3.63, 3.8) is 0 Å². The van der Waals surface area contributed by atoms with Gasteiger partial charge >= 0.3 is 0 Å². The summed E-state index contributed by atoms with van der Waals surface area (Å²) in [6, 6.07) is 15.0. The molecule has 0 saturated heterocycles. The molecule has 5 rings (SSSR count). The third-order valence-electron chi connectivity index (χ3n) is 4.54. The van der Waals surface area contributed by atoms with Gasteiger partial charge in [0.05, 0.1) is 28.0 Å². The first-order valence-corrected chi connectivity index (χ1v) is 9.77. The summed E-state index contributed by atoms with van der Waals surface area (Å²) >= 11 is 7.40. The average Bonchev–Trinajstić information content (AvgIpc) is 3.39. The smallest absolute Gasteiger partial charge is 0.265 e. The lowest BCUT2D eigenvalue weighted by Crippen LogP contribution is -2.10. The largest absolute Gasteiger partial charge is 0.321 e. The van der Waals surface area contributed by atoms with Crippen molar-refractivity contribution in [1.29, 1.82) is 0 Å². The first-order chi connectivity index (χ1) is 13.6. The van der Waals surface area contributed by atoms with Crippen LogP contribution in [0.15, 0.2) is 54.7 Å². The maximum Gasteiger partial charge on any atom is 0.265 e. The molecule has 0 aliphatic carbocycles. The summed E-state index contributed by atoms with van der Waals surface area (Å²) in [5.74, 6) is -0.151. The lowest BCUT2D eigenvalue weighted by atomic mass is 10.2. The zero-order chi connectivity index (χ0) is 19.3. The summed E-state index contributed by atoms with van der Waals surface area (Å²) in [5, 5.41) is 17.1.